The van der Waals surface area contributed by atoms with E-state index in [0.717, 1.165) is 5.69 Å². The fourth-order valence-corrected chi connectivity index (χ4v) is 1.67. The molecule has 0 aromatic heterocycles. The van der Waals surface area contributed by atoms with Crippen molar-refractivity contribution in [2.75, 3.05) is 18.0 Å². The molecule has 1 aromatic rings. The fourth-order valence-electron chi connectivity index (χ4n) is 1.67. The number of anilines is 1. The van der Waals surface area contributed by atoms with E-state index in [2.05, 4.69) is 0 Å². The zero-order valence-electron chi connectivity index (χ0n) is 7.73. The smallest absolute Gasteiger partial charge is 0.123 e. The number of nitrogens with two attached hydrogens (primary N) is 1. The maximum atomic E-state index is 12.6. The molecule has 4 heteroatoms. The lowest BCUT2D eigenvalue weighted by molar-refractivity contribution is 0.180. The van der Waals surface area contributed by atoms with Crippen molar-refractivity contribution in [3.8, 4) is 0 Å². The molecule has 1 saturated heterocycles. The molecule has 3 nitrogen and oxygen atoms in total. The third-order valence-electron chi connectivity index (χ3n) is 2.52. The number of nitrogens with zero attached hydrogens (tertiary/aromatic N) is 1. The zero-order chi connectivity index (χ0) is 10.1. The number of hydrogen-bond acceptors (Lipinski definition) is 3. The van der Waals surface area contributed by atoms with Crippen LogP contribution >= 0.6 is 0 Å². The van der Waals surface area contributed by atoms with Crippen molar-refractivity contribution >= 4 is 5.69 Å². The molecule has 1 heterocycles. The molecule has 2 rings (SSSR count). The quantitative estimate of drug-likeness (QED) is 0.680. The van der Waals surface area contributed by atoms with E-state index >= 15 is 0 Å². The lowest BCUT2D eigenvalue weighted by Crippen LogP contribution is -2.32. The molecule has 0 aliphatic carbocycles. The molecule has 76 valence electrons. The normalized spacial score (nSPS) is 26.9. The molecular formula is C10H13FN2O. The van der Waals surface area contributed by atoms with Crippen molar-refractivity contribution < 1.29 is 9.50 Å². The van der Waals surface area contributed by atoms with Crippen LogP contribution in [0.15, 0.2) is 24.3 Å². The third-order valence-corrected chi connectivity index (χ3v) is 2.52. The lowest BCUT2D eigenvalue weighted by atomic mass is 10.2. The fraction of sp³-hybridized carbons (Fsp3) is 0.400. The molecule has 14 heavy (non-hydrogen) atoms. The molecule has 2 atom stereocenters. The minimum absolute atomic E-state index is 0.208. The molecule has 0 unspecified atom stereocenters. The molecule has 0 radical (unpaired) electrons. The first-order valence-corrected chi connectivity index (χ1v) is 4.61. The predicted molar refractivity (Wildman–Crippen MR) is 52.6 cm³/mol. The van der Waals surface area contributed by atoms with Crippen LogP contribution < -0.4 is 10.6 Å². The van der Waals surface area contributed by atoms with Gasteiger partial charge in [0.25, 0.3) is 0 Å². The Morgan fingerprint density at radius 1 is 1.29 bits per heavy atom. The Hall–Kier alpha value is -1.13. The van der Waals surface area contributed by atoms with Gasteiger partial charge < -0.3 is 15.7 Å². The highest BCUT2D eigenvalue weighted by Crippen LogP contribution is 2.19. The maximum absolute atomic E-state index is 12.6. The van der Waals surface area contributed by atoms with Gasteiger partial charge in [0.15, 0.2) is 0 Å². The lowest BCUT2D eigenvalue weighted by Gasteiger charge is -2.17. The summed E-state index contributed by atoms with van der Waals surface area (Å²) in [6.45, 7) is 1.14. The van der Waals surface area contributed by atoms with Gasteiger partial charge in [-0.2, -0.15) is 0 Å². The summed E-state index contributed by atoms with van der Waals surface area (Å²) in [5, 5.41) is 9.44. The topological polar surface area (TPSA) is 49.5 Å². The van der Waals surface area contributed by atoms with Crippen LogP contribution in [0.25, 0.3) is 0 Å². The second kappa shape index (κ2) is 3.55. The molecule has 1 aliphatic heterocycles. The van der Waals surface area contributed by atoms with Crippen LogP contribution in [0.1, 0.15) is 0 Å². The number of aliphatic hydroxyl groups excluding tert-OH is 1. The first-order valence-electron chi connectivity index (χ1n) is 4.61. The summed E-state index contributed by atoms with van der Waals surface area (Å²) in [5.41, 5.74) is 6.57. The summed E-state index contributed by atoms with van der Waals surface area (Å²) in [6.07, 6.45) is -0.486. The van der Waals surface area contributed by atoms with E-state index in [0.29, 0.717) is 13.1 Å². The van der Waals surface area contributed by atoms with E-state index in [4.69, 9.17) is 5.73 Å². The van der Waals surface area contributed by atoms with Crippen molar-refractivity contribution in [1.29, 1.82) is 0 Å². The van der Waals surface area contributed by atoms with E-state index < -0.39 is 6.10 Å². The second-order valence-electron chi connectivity index (χ2n) is 3.61. The number of benzene rings is 1. The second-order valence-corrected chi connectivity index (χ2v) is 3.61. The largest absolute Gasteiger partial charge is 0.390 e. The van der Waals surface area contributed by atoms with Crippen molar-refractivity contribution in [3.63, 3.8) is 0 Å². The number of rotatable bonds is 1. The van der Waals surface area contributed by atoms with Gasteiger partial charge in [-0.1, -0.05) is 0 Å². The van der Waals surface area contributed by atoms with Crippen molar-refractivity contribution in [2.45, 2.75) is 12.1 Å². The van der Waals surface area contributed by atoms with Gasteiger partial charge in [0.1, 0.15) is 5.82 Å². The molecule has 0 saturated carbocycles. The van der Waals surface area contributed by atoms with Crippen LogP contribution in [0.5, 0.6) is 0 Å². The van der Waals surface area contributed by atoms with Crippen LogP contribution in [0.3, 0.4) is 0 Å². The van der Waals surface area contributed by atoms with Crippen LogP contribution in [-0.4, -0.2) is 30.3 Å². The summed E-state index contributed by atoms with van der Waals surface area (Å²) >= 11 is 0. The van der Waals surface area contributed by atoms with E-state index in [1.807, 2.05) is 4.90 Å². The molecule has 3 N–H and O–H groups in total. The van der Waals surface area contributed by atoms with Crippen LogP contribution in [0.2, 0.25) is 0 Å². The average Bonchev–Trinajstić information content (AvgIpc) is 2.48. The Bertz CT molecular complexity index is 304. The van der Waals surface area contributed by atoms with Crippen molar-refractivity contribution in [2.24, 2.45) is 5.73 Å². The van der Waals surface area contributed by atoms with Gasteiger partial charge in [0.05, 0.1) is 6.10 Å². The Morgan fingerprint density at radius 3 is 2.43 bits per heavy atom. The van der Waals surface area contributed by atoms with Gasteiger partial charge in [-0.25, -0.2) is 4.39 Å². The molecule has 1 fully saturated rings. The predicted octanol–water partition coefficient (Wildman–Crippen LogP) is 0.334. The summed E-state index contributed by atoms with van der Waals surface area (Å²) in [4.78, 5) is 1.95. The number of halogens is 1. The number of hydrogen-bond donors (Lipinski definition) is 2. The minimum Gasteiger partial charge on any atom is -0.390 e. The average molecular weight is 196 g/mol. The highest BCUT2D eigenvalue weighted by Gasteiger charge is 2.28. The first-order chi connectivity index (χ1) is 6.66. The van der Waals surface area contributed by atoms with Gasteiger partial charge >= 0.3 is 0 Å². The molecule has 0 spiro atoms. The first kappa shape index (κ1) is 9.43. The van der Waals surface area contributed by atoms with Crippen LogP contribution in [0.4, 0.5) is 10.1 Å². The minimum atomic E-state index is -0.486. The highest BCUT2D eigenvalue weighted by atomic mass is 19.1. The molecule has 1 aliphatic rings. The van der Waals surface area contributed by atoms with E-state index in [1.165, 1.54) is 12.1 Å². The SMILES string of the molecule is N[C@@H]1CN(c2ccc(F)cc2)C[C@H]1O. The summed E-state index contributed by atoms with van der Waals surface area (Å²) < 4.78 is 12.6. The zero-order valence-corrected chi connectivity index (χ0v) is 7.73. The maximum Gasteiger partial charge on any atom is 0.123 e. The van der Waals surface area contributed by atoms with Crippen molar-refractivity contribution in [1.82, 2.24) is 0 Å². The van der Waals surface area contributed by atoms with Gasteiger partial charge in [0, 0.05) is 24.8 Å². The summed E-state index contributed by atoms with van der Waals surface area (Å²) in [6, 6.07) is 6.00. The molecular weight excluding hydrogens is 183 g/mol. The summed E-state index contributed by atoms with van der Waals surface area (Å²) in [5.74, 6) is -0.252. The van der Waals surface area contributed by atoms with Crippen LogP contribution in [0, 0.1) is 5.82 Å². The highest BCUT2D eigenvalue weighted by molar-refractivity contribution is 5.48. The molecule has 0 amide bonds. The van der Waals surface area contributed by atoms with Gasteiger partial charge in [-0.15, -0.1) is 0 Å². The summed E-state index contributed by atoms with van der Waals surface area (Å²) in [7, 11) is 0. The number of β-amino-alcohol motifs (C(OH)–C–C–N with tert-alkyl or cyclic N) is 1. The molecule has 0 bridgehead atoms. The van der Waals surface area contributed by atoms with Crippen LogP contribution in [-0.2, 0) is 0 Å². The van der Waals surface area contributed by atoms with E-state index in [-0.39, 0.29) is 11.9 Å². The van der Waals surface area contributed by atoms with Crippen molar-refractivity contribution in [3.05, 3.63) is 30.1 Å². The Morgan fingerprint density at radius 2 is 1.93 bits per heavy atom. The van der Waals surface area contributed by atoms with Gasteiger partial charge in [-0.3, -0.25) is 0 Å². The van der Waals surface area contributed by atoms with Gasteiger partial charge in [-0.05, 0) is 24.3 Å². The van der Waals surface area contributed by atoms with E-state index in [1.54, 1.807) is 12.1 Å². The Kier molecular flexibility index (Phi) is 2.39. The standard InChI is InChI=1S/C10H13FN2O/c11-7-1-3-8(4-2-7)13-5-9(12)10(14)6-13/h1-4,9-10,14H,5-6,12H2/t9-,10-/m1/s1. The number of aliphatic hydroxyl groups is 1. The van der Waals surface area contributed by atoms with Gasteiger partial charge in [0.2, 0.25) is 0 Å². The third kappa shape index (κ3) is 1.71. The Balaban J connectivity index is 2.13. The molecule has 1 aromatic carbocycles. The monoisotopic (exact) mass is 196 g/mol. The Labute approximate surface area is 81.9 Å². The van der Waals surface area contributed by atoms with E-state index in [9.17, 15) is 9.50 Å².